The van der Waals surface area contributed by atoms with E-state index in [-0.39, 0.29) is 47.1 Å². The van der Waals surface area contributed by atoms with E-state index in [2.05, 4.69) is 16.2 Å². The number of hydrazine groups is 1. The largest absolute Gasteiger partial charge is 0.339 e. The number of nitrogens with zero attached hydrogens (tertiary/aromatic N) is 1. The molecule has 3 saturated heterocycles. The summed E-state index contributed by atoms with van der Waals surface area (Å²) in [6.45, 7) is 1.72. The van der Waals surface area contributed by atoms with Gasteiger partial charge in [-0.2, -0.15) is 0 Å². The first-order chi connectivity index (χ1) is 17.0. The molecule has 3 heterocycles. The standard InChI is InChI=1S/C27H31FN4O3/c28-22-9-8-17(16-23-24-20(7-4-12-29-24)26(34)31-30-23)15-21(22)27(35)32-13-10-19(11-14-32)25(33)18-5-2-1-3-6-18/h1-3,5-6,8-9,15,19-20,23-24,29-30H,4,7,10-14,16H2,(H,31,34). The molecular weight excluding hydrogens is 447 g/mol. The van der Waals surface area contributed by atoms with Crippen LogP contribution in [0.5, 0.6) is 0 Å². The van der Waals surface area contributed by atoms with Gasteiger partial charge in [-0.05, 0) is 56.3 Å². The number of hydrogen-bond acceptors (Lipinski definition) is 5. The molecule has 8 heteroatoms. The van der Waals surface area contributed by atoms with E-state index in [0.717, 1.165) is 24.9 Å². The predicted molar refractivity (Wildman–Crippen MR) is 129 cm³/mol. The van der Waals surface area contributed by atoms with Crippen LogP contribution in [0, 0.1) is 17.7 Å². The molecule has 0 spiro atoms. The van der Waals surface area contributed by atoms with Crippen LogP contribution in [-0.2, 0) is 11.2 Å². The molecule has 2 aromatic rings. The molecule has 0 radical (unpaired) electrons. The van der Waals surface area contributed by atoms with E-state index in [9.17, 15) is 18.8 Å². The molecule has 0 saturated carbocycles. The fourth-order valence-electron chi connectivity index (χ4n) is 5.62. The van der Waals surface area contributed by atoms with Gasteiger partial charge in [-0.3, -0.25) is 19.8 Å². The van der Waals surface area contributed by atoms with Crippen LogP contribution in [-0.4, -0.2) is 54.2 Å². The third-order valence-corrected chi connectivity index (χ3v) is 7.58. The molecule has 2 amide bonds. The maximum absolute atomic E-state index is 14.7. The second kappa shape index (κ2) is 10.3. The monoisotopic (exact) mass is 478 g/mol. The van der Waals surface area contributed by atoms with E-state index in [1.54, 1.807) is 17.0 Å². The smallest absolute Gasteiger partial charge is 0.256 e. The number of amides is 2. The molecule has 3 N–H and O–H groups in total. The minimum atomic E-state index is -0.542. The Labute approximate surface area is 204 Å². The first kappa shape index (κ1) is 23.6. The summed E-state index contributed by atoms with van der Waals surface area (Å²) in [6, 6.07) is 13.9. The zero-order valence-electron chi connectivity index (χ0n) is 19.6. The number of piperidine rings is 2. The maximum atomic E-state index is 14.7. The Morgan fingerprint density at radius 1 is 1.03 bits per heavy atom. The van der Waals surface area contributed by atoms with E-state index in [0.29, 0.717) is 37.9 Å². The van der Waals surface area contributed by atoms with E-state index in [4.69, 9.17) is 0 Å². The number of Topliss-reactive ketones (excluding diaryl/α,β-unsaturated/α-hetero) is 1. The summed E-state index contributed by atoms with van der Waals surface area (Å²) in [5.74, 6) is -0.985. The molecule has 3 atom stereocenters. The van der Waals surface area contributed by atoms with Gasteiger partial charge in [0.1, 0.15) is 5.82 Å². The van der Waals surface area contributed by atoms with Crippen molar-refractivity contribution in [2.24, 2.45) is 11.8 Å². The highest BCUT2D eigenvalue weighted by Crippen LogP contribution is 2.26. The van der Waals surface area contributed by atoms with Crippen LogP contribution in [0.1, 0.15) is 52.0 Å². The number of carbonyl (C=O) groups excluding carboxylic acids is 3. The first-order valence-corrected chi connectivity index (χ1v) is 12.5. The lowest BCUT2D eigenvalue weighted by atomic mass is 9.82. The summed E-state index contributed by atoms with van der Waals surface area (Å²) in [7, 11) is 0. The van der Waals surface area contributed by atoms with Crippen molar-refractivity contribution in [2.45, 2.75) is 44.2 Å². The molecule has 0 bridgehead atoms. The third kappa shape index (κ3) is 4.99. The number of likely N-dealkylation sites (tertiary alicyclic amines) is 1. The van der Waals surface area contributed by atoms with Crippen molar-refractivity contribution >= 4 is 17.6 Å². The van der Waals surface area contributed by atoms with Crippen molar-refractivity contribution in [2.75, 3.05) is 19.6 Å². The second-order valence-electron chi connectivity index (χ2n) is 9.78. The second-order valence-corrected chi connectivity index (χ2v) is 9.78. The number of carbonyl (C=O) groups is 3. The summed E-state index contributed by atoms with van der Waals surface area (Å²) < 4.78 is 14.7. The Balaban J connectivity index is 1.24. The normalized spacial score (nSPS) is 25.0. The molecule has 3 fully saturated rings. The van der Waals surface area contributed by atoms with Gasteiger partial charge in [-0.15, -0.1) is 0 Å². The fraction of sp³-hybridized carbons (Fsp3) is 0.444. The molecule has 0 aromatic heterocycles. The quantitative estimate of drug-likeness (QED) is 0.575. The van der Waals surface area contributed by atoms with Gasteiger partial charge in [0, 0.05) is 36.7 Å². The topological polar surface area (TPSA) is 90.5 Å². The molecule has 3 aliphatic rings. The van der Waals surface area contributed by atoms with Gasteiger partial charge in [-0.25, -0.2) is 9.82 Å². The Hall–Kier alpha value is -3.10. The number of rotatable bonds is 5. The van der Waals surface area contributed by atoms with Crippen LogP contribution >= 0.6 is 0 Å². The first-order valence-electron chi connectivity index (χ1n) is 12.5. The lowest BCUT2D eigenvalue weighted by Gasteiger charge is -2.41. The zero-order valence-corrected chi connectivity index (χ0v) is 19.6. The van der Waals surface area contributed by atoms with Crippen LogP contribution in [0.4, 0.5) is 4.39 Å². The lowest BCUT2D eigenvalue weighted by Crippen LogP contribution is -2.67. The highest BCUT2D eigenvalue weighted by Gasteiger charge is 2.40. The van der Waals surface area contributed by atoms with Gasteiger partial charge in [0.25, 0.3) is 5.91 Å². The maximum Gasteiger partial charge on any atom is 0.256 e. The minimum absolute atomic E-state index is 0.00238. The molecule has 5 rings (SSSR count). The average Bonchev–Trinajstić information content (AvgIpc) is 2.91. The minimum Gasteiger partial charge on any atom is -0.339 e. The third-order valence-electron chi connectivity index (χ3n) is 7.58. The van der Waals surface area contributed by atoms with Gasteiger partial charge >= 0.3 is 0 Å². The van der Waals surface area contributed by atoms with Gasteiger partial charge in [0.05, 0.1) is 11.5 Å². The van der Waals surface area contributed by atoms with Crippen LogP contribution in [0.2, 0.25) is 0 Å². The van der Waals surface area contributed by atoms with Gasteiger partial charge in [0.15, 0.2) is 5.78 Å². The lowest BCUT2D eigenvalue weighted by molar-refractivity contribution is -0.131. The molecule has 3 unspecified atom stereocenters. The predicted octanol–water partition coefficient (Wildman–Crippen LogP) is 2.47. The van der Waals surface area contributed by atoms with Crippen molar-refractivity contribution in [1.29, 1.82) is 0 Å². The highest BCUT2D eigenvalue weighted by molar-refractivity contribution is 5.98. The van der Waals surface area contributed by atoms with Crippen LogP contribution in [0.15, 0.2) is 48.5 Å². The summed E-state index contributed by atoms with van der Waals surface area (Å²) in [5, 5.41) is 3.45. The van der Waals surface area contributed by atoms with Crippen molar-refractivity contribution in [3.63, 3.8) is 0 Å². The Morgan fingerprint density at radius 2 is 1.80 bits per heavy atom. The van der Waals surface area contributed by atoms with E-state index >= 15 is 0 Å². The summed E-state index contributed by atoms with van der Waals surface area (Å²) in [6.07, 6.45) is 3.51. The number of halogens is 1. The number of hydrogen-bond donors (Lipinski definition) is 3. The molecule has 2 aromatic carbocycles. The number of ketones is 1. The fourth-order valence-corrected chi connectivity index (χ4v) is 5.62. The molecule has 7 nitrogen and oxygen atoms in total. The molecule has 35 heavy (non-hydrogen) atoms. The van der Waals surface area contributed by atoms with Crippen LogP contribution in [0.25, 0.3) is 0 Å². The highest BCUT2D eigenvalue weighted by atomic mass is 19.1. The summed E-state index contributed by atoms with van der Waals surface area (Å²) >= 11 is 0. The van der Waals surface area contributed by atoms with Crippen molar-refractivity contribution < 1.29 is 18.8 Å². The van der Waals surface area contributed by atoms with Crippen molar-refractivity contribution in [3.05, 3.63) is 71.0 Å². The Kier molecular flexibility index (Phi) is 6.92. The number of nitrogens with one attached hydrogen (secondary N) is 3. The van der Waals surface area contributed by atoms with Gasteiger partial charge in [0.2, 0.25) is 5.91 Å². The van der Waals surface area contributed by atoms with Crippen molar-refractivity contribution in [3.8, 4) is 0 Å². The summed E-state index contributed by atoms with van der Waals surface area (Å²) in [5.41, 5.74) is 7.45. The molecule has 184 valence electrons. The van der Waals surface area contributed by atoms with Gasteiger partial charge in [-0.1, -0.05) is 36.4 Å². The average molecular weight is 479 g/mol. The summed E-state index contributed by atoms with van der Waals surface area (Å²) in [4.78, 5) is 39.8. The number of benzene rings is 2. The Bertz CT molecular complexity index is 1100. The molecule has 3 aliphatic heterocycles. The number of fused-ring (bicyclic) bond motifs is 1. The van der Waals surface area contributed by atoms with Crippen molar-refractivity contribution in [1.82, 2.24) is 21.1 Å². The SMILES string of the molecule is O=C(c1ccccc1)C1CCN(C(=O)c2cc(CC3NNC(=O)C4CCCNC34)ccc2F)CC1. The van der Waals surface area contributed by atoms with E-state index in [1.807, 2.05) is 30.3 Å². The van der Waals surface area contributed by atoms with Gasteiger partial charge < -0.3 is 10.2 Å². The van der Waals surface area contributed by atoms with E-state index < -0.39 is 5.82 Å². The zero-order chi connectivity index (χ0) is 24.4. The van der Waals surface area contributed by atoms with Crippen LogP contribution < -0.4 is 16.2 Å². The van der Waals surface area contributed by atoms with Crippen LogP contribution in [0.3, 0.4) is 0 Å². The molecule has 0 aliphatic carbocycles. The van der Waals surface area contributed by atoms with E-state index in [1.165, 1.54) is 6.07 Å². The molecular formula is C27H31FN4O3. The Morgan fingerprint density at radius 3 is 2.57 bits per heavy atom.